The van der Waals surface area contributed by atoms with Crippen molar-refractivity contribution in [2.45, 2.75) is 6.61 Å². The predicted octanol–water partition coefficient (Wildman–Crippen LogP) is 3.13. The Morgan fingerprint density at radius 2 is 1.59 bits per heavy atom. The summed E-state index contributed by atoms with van der Waals surface area (Å²) in [5.74, 6) is -1.50. The molecule has 0 saturated carbocycles. The van der Waals surface area contributed by atoms with E-state index in [4.69, 9.17) is 10.5 Å². The zero-order valence-corrected chi connectivity index (χ0v) is 8.99. The van der Waals surface area contributed by atoms with Crippen LogP contribution in [0, 0.1) is 11.6 Å². The SMILES string of the molecule is Nc1c(F)cc(OCc2ccccc2)cc1F. The summed E-state index contributed by atoms with van der Waals surface area (Å²) in [6.45, 7) is 0.254. The van der Waals surface area contributed by atoms with Gasteiger partial charge in [-0.1, -0.05) is 30.3 Å². The van der Waals surface area contributed by atoms with Gasteiger partial charge < -0.3 is 10.5 Å². The molecule has 0 aliphatic heterocycles. The Bertz CT molecular complexity index is 491. The van der Waals surface area contributed by atoms with Gasteiger partial charge in [0.1, 0.15) is 18.0 Å². The van der Waals surface area contributed by atoms with Crippen LogP contribution in [0.2, 0.25) is 0 Å². The van der Waals surface area contributed by atoms with Crippen LogP contribution in [0.1, 0.15) is 5.56 Å². The Kier molecular flexibility index (Phi) is 3.23. The van der Waals surface area contributed by atoms with Crippen molar-refractivity contribution in [3.63, 3.8) is 0 Å². The van der Waals surface area contributed by atoms with Crippen LogP contribution in [-0.4, -0.2) is 0 Å². The lowest BCUT2D eigenvalue weighted by Crippen LogP contribution is -1.99. The number of benzene rings is 2. The first-order chi connectivity index (χ1) is 8.16. The van der Waals surface area contributed by atoms with E-state index in [0.717, 1.165) is 17.7 Å². The first-order valence-corrected chi connectivity index (χ1v) is 5.08. The zero-order chi connectivity index (χ0) is 12.3. The van der Waals surface area contributed by atoms with E-state index in [2.05, 4.69) is 0 Å². The van der Waals surface area contributed by atoms with Gasteiger partial charge in [-0.3, -0.25) is 0 Å². The second kappa shape index (κ2) is 4.82. The third-order valence-corrected chi connectivity index (χ3v) is 2.30. The van der Waals surface area contributed by atoms with Gasteiger partial charge in [-0.25, -0.2) is 8.78 Å². The summed E-state index contributed by atoms with van der Waals surface area (Å²) >= 11 is 0. The highest BCUT2D eigenvalue weighted by molar-refractivity contribution is 5.45. The van der Waals surface area contributed by atoms with Crippen molar-refractivity contribution in [3.8, 4) is 5.75 Å². The highest BCUT2D eigenvalue weighted by Crippen LogP contribution is 2.22. The Balaban J connectivity index is 2.10. The number of hydrogen-bond donors (Lipinski definition) is 1. The molecule has 4 heteroatoms. The Hall–Kier alpha value is -2.10. The smallest absolute Gasteiger partial charge is 0.152 e. The van der Waals surface area contributed by atoms with Crippen LogP contribution < -0.4 is 10.5 Å². The fraction of sp³-hybridized carbons (Fsp3) is 0.0769. The highest BCUT2D eigenvalue weighted by Gasteiger charge is 2.08. The summed E-state index contributed by atoms with van der Waals surface area (Å²) in [5, 5.41) is 0. The summed E-state index contributed by atoms with van der Waals surface area (Å²) in [6.07, 6.45) is 0. The zero-order valence-electron chi connectivity index (χ0n) is 8.99. The summed E-state index contributed by atoms with van der Waals surface area (Å²) in [5.41, 5.74) is 5.59. The maximum atomic E-state index is 13.1. The summed E-state index contributed by atoms with van der Waals surface area (Å²) in [7, 11) is 0. The summed E-state index contributed by atoms with van der Waals surface area (Å²) in [6, 6.07) is 11.5. The van der Waals surface area contributed by atoms with Gasteiger partial charge in [0.15, 0.2) is 11.6 Å². The molecule has 0 radical (unpaired) electrons. The molecular formula is C13H11F2NO. The molecule has 0 heterocycles. The normalized spacial score (nSPS) is 10.2. The molecule has 0 fully saturated rings. The van der Waals surface area contributed by atoms with Gasteiger partial charge in [0.05, 0.1) is 0 Å². The van der Waals surface area contributed by atoms with Gasteiger partial charge in [0, 0.05) is 12.1 Å². The minimum Gasteiger partial charge on any atom is -0.489 e. The number of rotatable bonds is 3. The van der Waals surface area contributed by atoms with Gasteiger partial charge in [0.2, 0.25) is 0 Å². The first-order valence-electron chi connectivity index (χ1n) is 5.08. The van der Waals surface area contributed by atoms with Gasteiger partial charge in [-0.15, -0.1) is 0 Å². The van der Waals surface area contributed by atoms with Crippen molar-refractivity contribution in [2.24, 2.45) is 0 Å². The number of nitrogen functional groups attached to an aromatic ring is 1. The minimum absolute atomic E-state index is 0.123. The van der Waals surface area contributed by atoms with Gasteiger partial charge in [0.25, 0.3) is 0 Å². The quantitative estimate of drug-likeness (QED) is 0.829. The van der Waals surface area contributed by atoms with Crippen LogP contribution in [0.5, 0.6) is 5.75 Å². The molecule has 0 amide bonds. The van der Waals surface area contributed by atoms with Crippen molar-refractivity contribution >= 4 is 5.69 Å². The monoisotopic (exact) mass is 235 g/mol. The highest BCUT2D eigenvalue weighted by atomic mass is 19.1. The molecule has 2 aromatic rings. The van der Waals surface area contributed by atoms with Crippen molar-refractivity contribution in [2.75, 3.05) is 5.73 Å². The van der Waals surface area contributed by atoms with E-state index in [-0.39, 0.29) is 12.4 Å². The molecule has 2 N–H and O–H groups in total. The molecule has 2 nitrogen and oxygen atoms in total. The number of ether oxygens (including phenoxy) is 1. The van der Waals surface area contributed by atoms with Crippen molar-refractivity contribution in [1.82, 2.24) is 0 Å². The van der Waals surface area contributed by atoms with Gasteiger partial charge >= 0.3 is 0 Å². The fourth-order valence-electron chi connectivity index (χ4n) is 1.39. The third kappa shape index (κ3) is 2.72. The average Bonchev–Trinajstić information content (AvgIpc) is 2.34. The number of hydrogen-bond acceptors (Lipinski definition) is 2. The van der Waals surface area contributed by atoms with Crippen molar-refractivity contribution in [1.29, 1.82) is 0 Å². The average molecular weight is 235 g/mol. The molecule has 0 spiro atoms. The van der Waals surface area contributed by atoms with E-state index in [1.807, 2.05) is 30.3 Å². The second-order valence-corrected chi connectivity index (χ2v) is 3.57. The Morgan fingerprint density at radius 3 is 2.18 bits per heavy atom. The largest absolute Gasteiger partial charge is 0.489 e. The maximum Gasteiger partial charge on any atom is 0.152 e. The number of nitrogens with two attached hydrogens (primary N) is 1. The van der Waals surface area contributed by atoms with Gasteiger partial charge in [-0.05, 0) is 5.56 Å². The van der Waals surface area contributed by atoms with E-state index in [9.17, 15) is 8.78 Å². The van der Waals surface area contributed by atoms with E-state index < -0.39 is 17.3 Å². The molecule has 0 bridgehead atoms. The molecule has 0 saturated heterocycles. The summed E-state index contributed by atoms with van der Waals surface area (Å²) in [4.78, 5) is 0. The van der Waals surface area contributed by atoms with Crippen LogP contribution in [0.25, 0.3) is 0 Å². The van der Waals surface area contributed by atoms with E-state index in [1.54, 1.807) is 0 Å². The number of halogens is 2. The van der Waals surface area contributed by atoms with Gasteiger partial charge in [-0.2, -0.15) is 0 Å². The van der Waals surface area contributed by atoms with E-state index in [1.165, 1.54) is 0 Å². The standard InChI is InChI=1S/C13H11F2NO/c14-11-6-10(7-12(15)13(11)16)17-8-9-4-2-1-3-5-9/h1-7H,8,16H2. The molecule has 88 valence electrons. The van der Waals surface area contributed by atoms with Crippen molar-refractivity contribution in [3.05, 3.63) is 59.7 Å². The molecule has 0 aromatic heterocycles. The minimum atomic E-state index is -0.812. The van der Waals surface area contributed by atoms with E-state index >= 15 is 0 Å². The van der Waals surface area contributed by atoms with Crippen molar-refractivity contribution < 1.29 is 13.5 Å². The number of anilines is 1. The van der Waals surface area contributed by atoms with Crippen LogP contribution in [0.4, 0.5) is 14.5 Å². The van der Waals surface area contributed by atoms with Crippen LogP contribution in [-0.2, 0) is 6.61 Å². The second-order valence-electron chi connectivity index (χ2n) is 3.57. The molecule has 17 heavy (non-hydrogen) atoms. The summed E-state index contributed by atoms with van der Waals surface area (Å²) < 4.78 is 31.5. The Labute approximate surface area is 97.6 Å². The maximum absolute atomic E-state index is 13.1. The molecule has 0 aliphatic carbocycles. The molecular weight excluding hydrogens is 224 g/mol. The molecule has 0 aliphatic rings. The van der Waals surface area contributed by atoms with Crippen LogP contribution in [0.3, 0.4) is 0 Å². The Morgan fingerprint density at radius 1 is 1.00 bits per heavy atom. The fourth-order valence-corrected chi connectivity index (χ4v) is 1.39. The van der Waals surface area contributed by atoms with E-state index in [0.29, 0.717) is 0 Å². The lowest BCUT2D eigenvalue weighted by molar-refractivity contribution is 0.303. The topological polar surface area (TPSA) is 35.2 Å². The molecule has 2 rings (SSSR count). The first kappa shape index (κ1) is 11.4. The predicted molar refractivity (Wildman–Crippen MR) is 61.5 cm³/mol. The lowest BCUT2D eigenvalue weighted by atomic mass is 10.2. The molecule has 0 unspecified atom stereocenters. The van der Waals surface area contributed by atoms with Crippen LogP contribution >= 0.6 is 0 Å². The molecule has 2 aromatic carbocycles. The lowest BCUT2D eigenvalue weighted by Gasteiger charge is -2.07. The third-order valence-electron chi connectivity index (χ3n) is 2.30. The van der Waals surface area contributed by atoms with Crippen LogP contribution in [0.15, 0.2) is 42.5 Å². The molecule has 0 atom stereocenters.